The molecule has 4 heteroatoms. The summed E-state index contributed by atoms with van der Waals surface area (Å²) in [5.74, 6) is 2.18. The Morgan fingerprint density at radius 2 is 2.25 bits per heavy atom. The predicted octanol–water partition coefficient (Wildman–Crippen LogP) is 1.40. The van der Waals surface area contributed by atoms with Crippen LogP contribution >= 0.6 is 0 Å². The van der Waals surface area contributed by atoms with Crippen LogP contribution in [0.3, 0.4) is 0 Å². The summed E-state index contributed by atoms with van der Waals surface area (Å²) in [6.45, 7) is 1.06. The number of nitrogens with zero attached hydrogens (tertiary/aromatic N) is 3. The Balaban J connectivity index is 1.89. The number of aryl methyl sites for hydroxylation is 1. The van der Waals surface area contributed by atoms with E-state index in [1.807, 2.05) is 18.2 Å². The van der Waals surface area contributed by atoms with Crippen molar-refractivity contribution < 1.29 is 0 Å². The topological polar surface area (TPSA) is 56.7 Å². The second kappa shape index (κ2) is 3.63. The standard InChI is InChI=1S/C12H14N4/c13-10-4-1-3-9(7-10)8-12-15-14-11-5-2-6-16(11)12/h1,3-4,7H,2,5-6,8,13H2. The molecule has 1 aliphatic heterocycles. The van der Waals surface area contributed by atoms with Gasteiger partial charge in [-0.1, -0.05) is 12.1 Å². The molecule has 0 unspecified atom stereocenters. The minimum absolute atomic E-state index is 0.804. The summed E-state index contributed by atoms with van der Waals surface area (Å²) in [7, 11) is 0. The van der Waals surface area contributed by atoms with Crippen molar-refractivity contribution in [2.75, 3.05) is 5.73 Å². The Labute approximate surface area is 94.1 Å². The van der Waals surface area contributed by atoms with E-state index >= 15 is 0 Å². The van der Waals surface area contributed by atoms with Gasteiger partial charge in [-0.3, -0.25) is 0 Å². The maximum absolute atomic E-state index is 5.76. The zero-order valence-corrected chi connectivity index (χ0v) is 9.06. The third-order valence-electron chi connectivity index (χ3n) is 3.00. The van der Waals surface area contributed by atoms with Crippen LogP contribution in [0.2, 0.25) is 0 Å². The normalized spacial score (nSPS) is 14.0. The summed E-state index contributed by atoms with van der Waals surface area (Å²) in [4.78, 5) is 0. The molecular formula is C12H14N4. The van der Waals surface area contributed by atoms with Gasteiger partial charge in [0.05, 0.1) is 0 Å². The number of benzene rings is 1. The van der Waals surface area contributed by atoms with Gasteiger partial charge in [-0.2, -0.15) is 0 Å². The van der Waals surface area contributed by atoms with Crippen molar-refractivity contribution >= 4 is 5.69 Å². The minimum atomic E-state index is 0.804. The van der Waals surface area contributed by atoms with E-state index in [-0.39, 0.29) is 0 Å². The summed E-state index contributed by atoms with van der Waals surface area (Å²) in [6.07, 6.45) is 3.07. The lowest BCUT2D eigenvalue weighted by Crippen LogP contribution is -2.02. The maximum atomic E-state index is 5.76. The Bertz CT molecular complexity index is 515. The molecule has 1 aromatic carbocycles. The SMILES string of the molecule is Nc1cccc(Cc2nnc3n2CCC3)c1. The van der Waals surface area contributed by atoms with E-state index in [0.717, 1.165) is 36.7 Å². The summed E-state index contributed by atoms with van der Waals surface area (Å²) in [5.41, 5.74) is 7.76. The van der Waals surface area contributed by atoms with Gasteiger partial charge in [-0.25, -0.2) is 0 Å². The largest absolute Gasteiger partial charge is 0.399 e. The van der Waals surface area contributed by atoms with Crippen molar-refractivity contribution in [2.24, 2.45) is 0 Å². The van der Waals surface area contributed by atoms with Crippen LogP contribution in [0.15, 0.2) is 24.3 Å². The lowest BCUT2D eigenvalue weighted by molar-refractivity contribution is 0.700. The molecule has 0 fully saturated rings. The monoisotopic (exact) mass is 214 g/mol. The average molecular weight is 214 g/mol. The first-order chi connectivity index (χ1) is 7.83. The summed E-state index contributed by atoms with van der Waals surface area (Å²) in [6, 6.07) is 7.95. The summed E-state index contributed by atoms with van der Waals surface area (Å²) < 4.78 is 2.23. The average Bonchev–Trinajstić information content (AvgIpc) is 2.83. The highest BCUT2D eigenvalue weighted by Crippen LogP contribution is 2.17. The van der Waals surface area contributed by atoms with Crippen LogP contribution < -0.4 is 5.73 Å². The summed E-state index contributed by atoms with van der Waals surface area (Å²) >= 11 is 0. The van der Waals surface area contributed by atoms with Crippen LogP contribution in [-0.2, 0) is 19.4 Å². The zero-order valence-electron chi connectivity index (χ0n) is 9.06. The van der Waals surface area contributed by atoms with E-state index in [1.165, 1.54) is 12.0 Å². The molecule has 0 atom stereocenters. The molecule has 16 heavy (non-hydrogen) atoms. The highest BCUT2D eigenvalue weighted by Gasteiger charge is 2.16. The Kier molecular flexibility index (Phi) is 2.13. The van der Waals surface area contributed by atoms with Gasteiger partial charge in [0.1, 0.15) is 11.6 Å². The Morgan fingerprint density at radius 3 is 3.12 bits per heavy atom. The molecule has 82 valence electrons. The van der Waals surface area contributed by atoms with Crippen LogP contribution in [0.5, 0.6) is 0 Å². The first-order valence-corrected chi connectivity index (χ1v) is 5.58. The van der Waals surface area contributed by atoms with Gasteiger partial charge >= 0.3 is 0 Å². The highest BCUT2D eigenvalue weighted by molar-refractivity contribution is 5.41. The van der Waals surface area contributed by atoms with Crippen molar-refractivity contribution in [3.05, 3.63) is 41.5 Å². The third kappa shape index (κ3) is 1.56. The van der Waals surface area contributed by atoms with Crippen LogP contribution in [0.25, 0.3) is 0 Å². The first-order valence-electron chi connectivity index (χ1n) is 5.58. The van der Waals surface area contributed by atoms with E-state index in [2.05, 4.69) is 20.8 Å². The molecule has 0 aliphatic carbocycles. The number of anilines is 1. The lowest BCUT2D eigenvalue weighted by atomic mass is 10.1. The van der Waals surface area contributed by atoms with Gasteiger partial charge in [-0.15, -0.1) is 10.2 Å². The fraction of sp³-hybridized carbons (Fsp3) is 0.333. The lowest BCUT2D eigenvalue weighted by Gasteiger charge is -2.03. The maximum Gasteiger partial charge on any atom is 0.137 e. The second-order valence-electron chi connectivity index (χ2n) is 4.21. The van der Waals surface area contributed by atoms with Crippen molar-refractivity contribution in [2.45, 2.75) is 25.8 Å². The van der Waals surface area contributed by atoms with E-state index < -0.39 is 0 Å². The Morgan fingerprint density at radius 1 is 1.31 bits per heavy atom. The second-order valence-corrected chi connectivity index (χ2v) is 4.21. The minimum Gasteiger partial charge on any atom is -0.399 e. The van der Waals surface area contributed by atoms with E-state index in [4.69, 9.17) is 5.73 Å². The number of rotatable bonds is 2. The first kappa shape index (κ1) is 9.39. The van der Waals surface area contributed by atoms with Crippen molar-refractivity contribution in [1.29, 1.82) is 0 Å². The predicted molar refractivity (Wildman–Crippen MR) is 62.0 cm³/mol. The van der Waals surface area contributed by atoms with Gasteiger partial charge in [0.15, 0.2) is 0 Å². The number of nitrogen functional groups attached to an aromatic ring is 1. The molecule has 3 rings (SSSR count). The van der Waals surface area contributed by atoms with Crippen LogP contribution in [-0.4, -0.2) is 14.8 Å². The molecule has 1 aliphatic rings. The van der Waals surface area contributed by atoms with Gasteiger partial charge in [-0.05, 0) is 24.1 Å². The number of hydrogen-bond donors (Lipinski definition) is 1. The van der Waals surface area contributed by atoms with Crippen molar-refractivity contribution in [3.8, 4) is 0 Å². The van der Waals surface area contributed by atoms with Crippen molar-refractivity contribution in [1.82, 2.24) is 14.8 Å². The molecule has 0 spiro atoms. The number of fused-ring (bicyclic) bond motifs is 1. The quantitative estimate of drug-likeness (QED) is 0.769. The van der Waals surface area contributed by atoms with Gasteiger partial charge in [0.25, 0.3) is 0 Å². The fourth-order valence-corrected chi connectivity index (χ4v) is 2.23. The number of nitrogens with two attached hydrogens (primary N) is 1. The molecule has 0 radical (unpaired) electrons. The van der Waals surface area contributed by atoms with Gasteiger partial charge in [0, 0.05) is 25.1 Å². The molecule has 2 aromatic rings. The molecular weight excluding hydrogens is 200 g/mol. The molecule has 1 aromatic heterocycles. The summed E-state index contributed by atoms with van der Waals surface area (Å²) in [5, 5.41) is 8.43. The molecule has 0 bridgehead atoms. The smallest absolute Gasteiger partial charge is 0.137 e. The number of hydrogen-bond acceptors (Lipinski definition) is 3. The van der Waals surface area contributed by atoms with E-state index in [1.54, 1.807) is 0 Å². The van der Waals surface area contributed by atoms with Crippen molar-refractivity contribution in [3.63, 3.8) is 0 Å². The van der Waals surface area contributed by atoms with E-state index in [9.17, 15) is 0 Å². The van der Waals surface area contributed by atoms with Crippen LogP contribution in [0, 0.1) is 0 Å². The van der Waals surface area contributed by atoms with E-state index in [0.29, 0.717) is 0 Å². The fourth-order valence-electron chi connectivity index (χ4n) is 2.23. The highest BCUT2D eigenvalue weighted by atomic mass is 15.3. The zero-order chi connectivity index (χ0) is 11.0. The third-order valence-corrected chi connectivity index (χ3v) is 3.00. The molecule has 0 saturated carbocycles. The van der Waals surface area contributed by atoms with Gasteiger partial charge in [0.2, 0.25) is 0 Å². The van der Waals surface area contributed by atoms with Crippen LogP contribution in [0.4, 0.5) is 5.69 Å². The van der Waals surface area contributed by atoms with Crippen LogP contribution in [0.1, 0.15) is 23.6 Å². The van der Waals surface area contributed by atoms with Gasteiger partial charge < -0.3 is 10.3 Å². The Hall–Kier alpha value is -1.84. The molecule has 0 saturated heterocycles. The molecule has 0 amide bonds. The number of aromatic nitrogens is 3. The molecule has 2 heterocycles. The molecule has 2 N–H and O–H groups in total. The molecule has 4 nitrogen and oxygen atoms in total.